The molecule has 0 aromatic carbocycles. The molecule has 0 aromatic heterocycles. The number of allylic oxidation sites excluding steroid dienone is 1. The Morgan fingerprint density at radius 1 is 1.13 bits per heavy atom. The Hall–Kier alpha value is -0.340. The maximum atomic E-state index is 8.58. The largest absolute Gasteiger partial charge is 0.252 e. The van der Waals surface area contributed by atoms with Crippen molar-refractivity contribution in [1.29, 1.82) is 0 Å². The first-order valence-electron chi connectivity index (χ1n) is 6.19. The highest BCUT2D eigenvalue weighted by molar-refractivity contribution is 4.83. The van der Waals surface area contributed by atoms with E-state index in [-0.39, 0.29) is 6.10 Å². The molecular weight excluding hydrogens is 188 g/mol. The SMILES string of the molecule is C=CC.OOC1CCC2CCCCC2C1. The van der Waals surface area contributed by atoms with Crippen molar-refractivity contribution in [3.05, 3.63) is 12.7 Å². The van der Waals surface area contributed by atoms with Gasteiger partial charge in [-0.05, 0) is 38.0 Å². The molecule has 2 rings (SSSR count). The molecule has 0 aliphatic heterocycles. The third-order valence-electron chi connectivity index (χ3n) is 3.64. The minimum atomic E-state index is 0.143. The zero-order valence-electron chi connectivity index (χ0n) is 9.82. The molecule has 2 aliphatic rings. The Morgan fingerprint density at radius 2 is 1.73 bits per heavy atom. The predicted molar refractivity (Wildman–Crippen MR) is 62.7 cm³/mol. The minimum Gasteiger partial charge on any atom is -0.252 e. The van der Waals surface area contributed by atoms with Crippen LogP contribution in [0.25, 0.3) is 0 Å². The van der Waals surface area contributed by atoms with E-state index in [1.54, 1.807) is 6.08 Å². The van der Waals surface area contributed by atoms with Crippen LogP contribution in [0.3, 0.4) is 0 Å². The summed E-state index contributed by atoms with van der Waals surface area (Å²) in [5.41, 5.74) is 0. The van der Waals surface area contributed by atoms with E-state index >= 15 is 0 Å². The number of hydrogen-bond donors (Lipinski definition) is 1. The van der Waals surface area contributed by atoms with Gasteiger partial charge in [0.15, 0.2) is 0 Å². The van der Waals surface area contributed by atoms with E-state index in [0.29, 0.717) is 0 Å². The van der Waals surface area contributed by atoms with Gasteiger partial charge in [-0.15, -0.1) is 6.58 Å². The Balaban J connectivity index is 0.000000337. The Morgan fingerprint density at radius 3 is 2.33 bits per heavy atom. The zero-order valence-corrected chi connectivity index (χ0v) is 9.82. The molecule has 0 aromatic rings. The van der Waals surface area contributed by atoms with E-state index in [9.17, 15) is 0 Å². The van der Waals surface area contributed by atoms with Crippen molar-refractivity contribution in [2.24, 2.45) is 11.8 Å². The summed E-state index contributed by atoms with van der Waals surface area (Å²) in [6.07, 6.45) is 10.9. The molecule has 3 atom stereocenters. The average molecular weight is 212 g/mol. The summed E-state index contributed by atoms with van der Waals surface area (Å²) in [5.74, 6) is 1.80. The van der Waals surface area contributed by atoms with Crippen LogP contribution in [-0.4, -0.2) is 11.4 Å². The van der Waals surface area contributed by atoms with Crippen molar-refractivity contribution in [2.75, 3.05) is 0 Å². The maximum absolute atomic E-state index is 8.58. The molecule has 2 saturated carbocycles. The Bertz CT molecular complexity index is 179. The highest BCUT2D eigenvalue weighted by Crippen LogP contribution is 2.40. The average Bonchev–Trinajstić information content (AvgIpc) is 2.29. The van der Waals surface area contributed by atoms with Crippen LogP contribution in [-0.2, 0) is 4.89 Å². The fourth-order valence-electron chi connectivity index (χ4n) is 2.93. The molecule has 1 N–H and O–H groups in total. The van der Waals surface area contributed by atoms with Crippen LogP contribution < -0.4 is 0 Å². The molecule has 2 fully saturated rings. The lowest BCUT2D eigenvalue weighted by Crippen LogP contribution is -2.31. The topological polar surface area (TPSA) is 29.5 Å². The smallest absolute Gasteiger partial charge is 0.0930 e. The van der Waals surface area contributed by atoms with Gasteiger partial charge >= 0.3 is 0 Å². The summed E-state index contributed by atoms with van der Waals surface area (Å²) in [6, 6.07) is 0. The quantitative estimate of drug-likeness (QED) is 0.404. The van der Waals surface area contributed by atoms with Crippen LogP contribution in [0.5, 0.6) is 0 Å². The van der Waals surface area contributed by atoms with E-state index < -0.39 is 0 Å². The summed E-state index contributed by atoms with van der Waals surface area (Å²) >= 11 is 0. The van der Waals surface area contributed by atoms with Gasteiger partial charge in [-0.2, -0.15) is 0 Å². The van der Waals surface area contributed by atoms with Gasteiger partial charge in [0.2, 0.25) is 0 Å². The first kappa shape index (κ1) is 12.7. The van der Waals surface area contributed by atoms with E-state index in [1.165, 1.54) is 32.1 Å². The van der Waals surface area contributed by atoms with Crippen molar-refractivity contribution in [3.8, 4) is 0 Å². The third kappa shape index (κ3) is 3.96. The first-order chi connectivity index (χ1) is 7.31. The van der Waals surface area contributed by atoms with Gasteiger partial charge in [0, 0.05) is 0 Å². The fraction of sp³-hybridized carbons (Fsp3) is 0.846. The molecule has 15 heavy (non-hydrogen) atoms. The van der Waals surface area contributed by atoms with Crippen LogP contribution in [0.15, 0.2) is 12.7 Å². The summed E-state index contributed by atoms with van der Waals surface area (Å²) < 4.78 is 0. The zero-order chi connectivity index (χ0) is 11.1. The lowest BCUT2D eigenvalue weighted by atomic mass is 9.70. The van der Waals surface area contributed by atoms with Crippen molar-refractivity contribution < 1.29 is 10.1 Å². The molecule has 2 heteroatoms. The molecule has 0 saturated heterocycles. The van der Waals surface area contributed by atoms with E-state index in [4.69, 9.17) is 5.26 Å². The Kier molecular flexibility index (Phi) is 5.96. The second-order valence-corrected chi connectivity index (χ2v) is 4.75. The Labute approximate surface area is 93.3 Å². The van der Waals surface area contributed by atoms with Gasteiger partial charge < -0.3 is 0 Å². The van der Waals surface area contributed by atoms with Gasteiger partial charge in [0.05, 0.1) is 6.10 Å². The summed E-state index contributed by atoms with van der Waals surface area (Å²) in [6.45, 7) is 5.25. The van der Waals surface area contributed by atoms with E-state index in [2.05, 4.69) is 11.5 Å². The van der Waals surface area contributed by atoms with Gasteiger partial charge in [0.25, 0.3) is 0 Å². The highest BCUT2D eigenvalue weighted by Gasteiger charge is 2.32. The van der Waals surface area contributed by atoms with Crippen LogP contribution >= 0.6 is 0 Å². The second-order valence-electron chi connectivity index (χ2n) is 4.75. The number of fused-ring (bicyclic) bond motifs is 1. The van der Waals surface area contributed by atoms with Crippen molar-refractivity contribution in [3.63, 3.8) is 0 Å². The third-order valence-corrected chi connectivity index (χ3v) is 3.64. The lowest BCUT2D eigenvalue weighted by molar-refractivity contribution is -0.289. The van der Waals surface area contributed by atoms with Gasteiger partial charge in [-0.1, -0.05) is 31.8 Å². The minimum absolute atomic E-state index is 0.143. The van der Waals surface area contributed by atoms with Crippen LogP contribution in [0, 0.1) is 11.8 Å². The molecule has 88 valence electrons. The molecule has 2 aliphatic carbocycles. The van der Waals surface area contributed by atoms with Crippen molar-refractivity contribution in [1.82, 2.24) is 0 Å². The molecule has 0 spiro atoms. The highest BCUT2D eigenvalue weighted by atomic mass is 17.1. The molecule has 0 heterocycles. The monoisotopic (exact) mass is 212 g/mol. The standard InChI is InChI=1S/C10H18O2.C3H6/c11-12-10-6-5-8-3-1-2-4-9(8)7-10;1-3-2/h8-11H,1-7H2;3H,1H2,2H3. The molecule has 2 nitrogen and oxygen atoms in total. The van der Waals surface area contributed by atoms with Crippen molar-refractivity contribution in [2.45, 2.75) is 58.0 Å². The fourth-order valence-corrected chi connectivity index (χ4v) is 2.93. The predicted octanol–water partition coefficient (Wildman–Crippen LogP) is 4.03. The number of rotatable bonds is 1. The van der Waals surface area contributed by atoms with Gasteiger partial charge in [-0.3, -0.25) is 5.26 Å². The molecule has 0 radical (unpaired) electrons. The second kappa shape index (κ2) is 7.02. The molecule has 3 unspecified atom stereocenters. The van der Waals surface area contributed by atoms with Crippen LogP contribution in [0.4, 0.5) is 0 Å². The molecule has 0 amide bonds. The summed E-state index contributed by atoms with van der Waals surface area (Å²) in [4.78, 5) is 4.44. The number of hydrogen-bond acceptors (Lipinski definition) is 2. The maximum Gasteiger partial charge on any atom is 0.0930 e. The van der Waals surface area contributed by atoms with Crippen LogP contribution in [0.2, 0.25) is 0 Å². The van der Waals surface area contributed by atoms with Gasteiger partial charge in [0.1, 0.15) is 0 Å². The molecule has 0 bridgehead atoms. The van der Waals surface area contributed by atoms with Gasteiger partial charge in [-0.25, -0.2) is 4.89 Å². The van der Waals surface area contributed by atoms with Crippen LogP contribution in [0.1, 0.15) is 51.9 Å². The van der Waals surface area contributed by atoms with E-state index in [1.807, 2.05) is 6.92 Å². The summed E-state index contributed by atoms with van der Waals surface area (Å²) in [7, 11) is 0. The van der Waals surface area contributed by atoms with E-state index in [0.717, 1.165) is 24.7 Å². The normalized spacial score (nSPS) is 34.7. The first-order valence-corrected chi connectivity index (χ1v) is 6.19. The lowest BCUT2D eigenvalue weighted by Gasteiger charge is -2.37. The summed E-state index contributed by atoms with van der Waals surface area (Å²) in [5, 5.41) is 8.58. The van der Waals surface area contributed by atoms with Crippen molar-refractivity contribution >= 4 is 0 Å². The molecular formula is C13H24O2.